The van der Waals surface area contributed by atoms with Gasteiger partial charge in [-0.1, -0.05) is 6.07 Å². The smallest absolute Gasteiger partial charge is 0.161 e. The molecule has 0 radical (unpaired) electrons. The Morgan fingerprint density at radius 3 is 2.65 bits per heavy atom. The van der Waals surface area contributed by atoms with E-state index in [0.717, 1.165) is 49.5 Å². The van der Waals surface area contributed by atoms with E-state index >= 15 is 0 Å². The van der Waals surface area contributed by atoms with E-state index in [9.17, 15) is 5.11 Å². The first kappa shape index (κ1) is 13.7. The van der Waals surface area contributed by atoms with Gasteiger partial charge in [0.2, 0.25) is 0 Å². The zero-order valence-corrected chi connectivity index (χ0v) is 11.7. The molecule has 0 atom stereocenters. The molecule has 5 nitrogen and oxygen atoms in total. The minimum absolute atomic E-state index is 0.154. The lowest BCUT2D eigenvalue weighted by Gasteiger charge is -2.37. The lowest BCUT2D eigenvalue weighted by molar-refractivity contribution is 0.125. The van der Waals surface area contributed by atoms with E-state index < -0.39 is 0 Å². The largest absolute Gasteiger partial charge is 0.486 e. The maximum atomic E-state index is 9.68. The van der Waals surface area contributed by atoms with Gasteiger partial charge in [0.15, 0.2) is 11.5 Å². The number of aliphatic hydroxyl groups is 1. The third-order valence-electron chi connectivity index (χ3n) is 4.14. The fourth-order valence-corrected chi connectivity index (χ4v) is 2.78. The van der Waals surface area contributed by atoms with Gasteiger partial charge in [0.1, 0.15) is 13.2 Å². The van der Waals surface area contributed by atoms with Crippen LogP contribution in [-0.2, 0) is 6.54 Å². The van der Waals surface area contributed by atoms with Crippen LogP contribution >= 0.6 is 0 Å². The summed E-state index contributed by atoms with van der Waals surface area (Å²) in [5, 5.41) is 16.5. The molecular weight excluding hydrogens is 256 g/mol. The highest BCUT2D eigenvalue weighted by atomic mass is 16.6. The van der Waals surface area contributed by atoms with Crippen LogP contribution in [0.1, 0.15) is 18.4 Å². The molecule has 0 spiro atoms. The number of rotatable bonds is 4. The van der Waals surface area contributed by atoms with Gasteiger partial charge in [-0.05, 0) is 43.6 Å². The molecule has 2 aliphatic heterocycles. The van der Waals surface area contributed by atoms with Gasteiger partial charge in [-0.15, -0.1) is 0 Å². The highest BCUT2D eigenvalue weighted by molar-refractivity contribution is 5.43. The normalized spacial score (nSPS) is 20.6. The van der Waals surface area contributed by atoms with Crippen molar-refractivity contribution in [3.05, 3.63) is 23.8 Å². The van der Waals surface area contributed by atoms with E-state index in [4.69, 9.17) is 9.47 Å². The number of nitrogens with one attached hydrogen (secondary N) is 2. The number of ether oxygens (including phenoxy) is 2. The molecular formula is C15H22N2O3. The van der Waals surface area contributed by atoms with Crippen LogP contribution in [0.15, 0.2) is 18.2 Å². The van der Waals surface area contributed by atoms with Crippen molar-refractivity contribution in [2.75, 3.05) is 32.9 Å². The zero-order valence-electron chi connectivity index (χ0n) is 11.7. The Bertz CT molecular complexity index is 458. The molecule has 0 aliphatic carbocycles. The van der Waals surface area contributed by atoms with Crippen molar-refractivity contribution in [3.63, 3.8) is 0 Å². The van der Waals surface area contributed by atoms with Gasteiger partial charge in [0.25, 0.3) is 0 Å². The summed E-state index contributed by atoms with van der Waals surface area (Å²) in [5.41, 5.74) is 0.999. The van der Waals surface area contributed by atoms with Crippen LogP contribution in [0.5, 0.6) is 11.5 Å². The predicted octanol–water partition coefficient (Wildman–Crippen LogP) is 0.662. The van der Waals surface area contributed by atoms with Gasteiger partial charge < -0.3 is 25.2 Å². The quantitative estimate of drug-likeness (QED) is 0.755. The minimum Gasteiger partial charge on any atom is -0.486 e. The second kappa shape index (κ2) is 5.99. The van der Waals surface area contributed by atoms with Crippen molar-refractivity contribution >= 4 is 0 Å². The van der Waals surface area contributed by atoms with Crippen LogP contribution in [0.2, 0.25) is 0 Å². The fraction of sp³-hybridized carbons (Fsp3) is 0.600. The molecule has 2 aliphatic rings. The topological polar surface area (TPSA) is 62.8 Å². The molecule has 1 fully saturated rings. The SMILES string of the molecule is OCC1(NCc2ccc3c(c2)OCCO3)CCNCC1. The predicted molar refractivity (Wildman–Crippen MR) is 76.2 cm³/mol. The molecule has 3 N–H and O–H groups in total. The number of aliphatic hydroxyl groups excluding tert-OH is 1. The van der Waals surface area contributed by atoms with Gasteiger partial charge in [-0.2, -0.15) is 0 Å². The molecule has 0 unspecified atom stereocenters. The summed E-state index contributed by atoms with van der Waals surface area (Å²) in [6, 6.07) is 6.03. The van der Waals surface area contributed by atoms with E-state index in [-0.39, 0.29) is 12.1 Å². The van der Waals surface area contributed by atoms with Crippen LogP contribution in [-0.4, -0.2) is 43.6 Å². The monoisotopic (exact) mass is 278 g/mol. The van der Waals surface area contributed by atoms with Gasteiger partial charge in [-0.3, -0.25) is 0 Å². The van der Waals surface area contributed by atoms with E-state index in [0.29, 0.717) is 13.2 Å². The molecule has 20 heavy (non-hydrogen) atoms. The summed E-state index contributed by atoms with van der Waals surface area (Å²) in [4.78, 5) is 0. The summed E-state index contributed by atoms with van der Waals surface area (Å²) in [6.07, 6.45) is 1.90. The lowest BCUT2D eigenvalue weighted by Crippen LogP contribution is -2.54. The van der Waals surface area contributed by atoms with Crippen molar-refractivity contribution in [2.24, 2.45) is 0 Å². The van der Waals surface area contributed by atoms with Gasteiger partial charge >= 0.3 is 0 Å². The zero-order chi connectivity index (χ0) is 13.8. The number of hydrogen-bond donors (Lipinski definition) is 3. The standard InChI is InChI=1S/C15H22N2O3/c18-11-15(3-5-16-6-4-15)17-10-12-1-2-13-14(9-12)20-8-7-19-13/h1-2,9,16-18H,3-8,10-11H2. The van der Waals surface area contributed by atoms with Crippen molar-refractivity contribution in [1.29, 1.82) is 0 Å². The van der Waals surface area contributed by atoms with Gasteiger partial charge in [-0.25, -0.2) is 0 Å². The summed E-state index contributed by atoms with van der Waals surface area (Å²) in [7, 11) is 0. The third-order valence-corrected chi connectivity index (χ3v) is 4.14. The van der Waals surface area contributed by atoms with Gasteiger partial charge in [0, 0.05) is 12.1 Å². The van der Waals surface area contributed by atoms with Crippen LogP contribution in [0, 0.1) is 0 Å². The number of benzene rings is 1. The Kier molecular flexibility index (Phi) is 4.10. The number of piperidine rings is 1. The average Bonchev–Trinajstić information content (AvgIpc) is 2.54. The molecule has 110 valence electrons. The fourth-order valence-electron chi connectivity index (χ4n) is 2.78. The van der Waals surface area contributed by atoms with Crippen molar-refractivity contribution in [2.45, 2.75) is 24.9 Å². The first-order valence-electron chi connectivity index (χ1n) is 7.26. The van der Waals surface area contributed by atoms with Crippen molar-refractivity contribution in [3.8, 4) is 11.5 Å². The third kappa shape index (κ3) is 2.90. The van der Waals surface area contributed by atoms with Crippen molar-refractivity contribution < 1.29 is 14.6 Å². The molecule has 0 amide bonds. The highest BCUT2D eigenvalue weighted by Crippen LogP contribution is 2.31. The Morgan fingerprint density at radius 2 is 1.90 bits per heavy atom. The molecule has 0 bridgehead atoms. The first-order valence-corrected chi connectivity index (χ1v) is 7.26. The number of hydrogen-bond acceptors (Lipinski definition) is 5. The van der Waals surface area contributed by atoms with E-state index in [1.54, 1.807) is 0 Å². The van der Waals surface area contributed by atoms with Crippen LogP contribution in [0.4, 0.5) is 0 Å². The minimum atomic E-state index is -0.154. The Morgan fingerprint density at radius 1 is 1.15 bits per heavy atom. The summed E-state index contributed by atoms with van der Waals surface area (Å²) in [6.45, 7) is 4.04. The second-order valence-corrected chi connectivity index (χ2v) is 5.52. The van der Waals surface area contributed by atoms with Crippen molar-refractivity contribution in [1.82, 2.24) is 10.6 Å². The summed E-state index contributed by atoms with van der Waals surface area (Å²) in [5.74, 6) is 1.64. The maximum Gasteiger partial charge on any atom is 0.161 e. The molecule has 5 heteroatoms. The maximum absolute atomic E-state index is 9.68. The molecule has 0 saturated carbocycles. The summed E-state index contributed by atoms with van der Waals surface area (Å²) < 4.78 is 11.1. The first-order chi connectivity index (χ1) is 9.81. The van der Waals surface area contributed by atoms with E-state index in [1.807, 2.05) is 18.2 Å². The molecule has 2 heterocycles. The Balaban J connectivity index is 1.65. The molecule has 1 aromatic rings. The van der Waals surface area contributed by atoms with Crippen LogP contribution in [0.25, 0.3) is 0 Å². The second-order valence-electron chi connectivity index (χ2n) is 5.52. The van der Waals surface area contributed by atoms with Gasteiger partial charge in [0.05, 0.1) is 6.61 Å². The van der Waals surface area contributed by atoms with E-state index in [2.05, 4.69) is 10.6 Å². The molecule has 3 rings (SSSR count). The molecule has 1 aromatic carbocycles. The van der Waals surface area contributed by atoms with Crippen LogP contribution < -0.4 is 20.1 Å². The lowest BCUT2D eigenvalue weighted by atomic mass is 9.89. The number of fused-ring (bicyclic) bond motifs is 1. The molecule has 0 aromatic heterocycles. The highest BCUT2D eigenvalue weighted by Gasteiger charge is 2.30. The Hall–Kier alpha value is -1.30. The molecule has 1 saturated heterocycles. The summed E-state index contributed by atoms with van der Waals surface area (Å²) >= 11 is 0. The van der Waals surface area contributed by atoms with E-state index in [1.165, 1.54) is 0 Å². The average molecular weight is 278 g/mol. The van der Waals surface area contributed by atoms with Crippen LogP contribution in [0.3, 0.4) is 0 Å². The Labute approximate surface area is 119 Å².